The fraction of sp³-hybridized carbons (Fsp3) is 0.625. The molecule has 1 aromatic carbocycles. The fourth-order valence-corrected chi connectivity index (χ4v) is 3.23. The van der Waals surface area contributed by atoms with Gasteiger partial charge in [-0.2, -0.15) is 0 Å². The number of benzene rings is 1. The third-order valence-electron chi connectivity index (χ3n) is 4.31. The molecule has 0 radical (unpaired) electrons. The maximum Gasteiger partial charge on any atom is 0.0193 e. The second-order valence-corrected chi connectivity index (χ2v) is 5.70. The fourth-order valence-electron chi connectivity index (χ4n) is 3.23. The lowest BCUT2D eigenvalue weighted by molar-refractivity contribution is 0.392. The number of piperidine rings is 1. The summed E-state index contributed by atoms with van der Waals surface area (Å²) in [6, 6.07) is 7.79. The summed E-state index contributed by atoms with van der Waals surface area (Å²) in [4.78, 5) is 0. The van der Waals surface area contributed by atoms with Gasteiger partial charge in [-0.1, -0.05) is 18.2 Å². The van der Waals surface area contributed by atoms with Crippen molar-refractivity contribution in [1.82, 2.24) is 10.6 Å². The summed E-state index contributed by atoms with van der Waals surface area (Å²) in [5.41, 5.74) is 4.70. The first kappa shape index (κ1) is 12.2. The van der Waals surface area contributed by atoms with E-state index in [1.54, 1.807) is 11.1 Å². The van der Waals surface area contributed by atoms with Gasteiger partial charge in [0.05, 0.1) is 0 Å². The van der Waals surface area contributed by atoms with Crippen LogP contribution >= 0.6 is 0 Å². The molecule has 0 saturated carbocycles. The summed E-state index contributed by atoms with van der Waals surface area (Å²) < 4.78 is 0. The molecule has 18 heavy (non-hydrogen) atoms. The van der Waals surface area contributed by atoms with Crippen LogP contribution in [0.5, 0.6) is 0 Å². The number of aryl methyl sites for hydroxylation is 2. The van der Waals surface area contributed by atoms with E-state index < -0.39 is 0 Å². The van der Waals surface area contributed by atoms with Gasteiger partial charge in [-0.15, -0.1) is 0 Å². The third-order valence-corrected chi connectivity index (χ3v) is 4.31. The van der Waals surface area contributed by atoms with Crippen LogP contribution in [0.2, 0.25) is 0 Å². The molecule has 2 N–H and O–H groups in total. The lowest BCUT2D eigenvalue weighted by Crippen LogP contribution is -2.43. The molecule has 1 unspecified atom stereocenters. The Balaban J connectivity index is 1.48. The Bertz CT molecular complexity index is 394. The van der Waals surface area contributed by atoms with Crippen molar-refractivity contribution >= 4 is 0 Å². The van der Waals surface area contributed by atoms with Crippen molar-refractivity contribution in [3.63, 3.8) is 0 Å². The summed E-state index contributed by atoms with van der Waals surface area (Å²) in [5, 5.41) is 7.13. The predicted molar refractivity (Wildman–Crippen MR) is 76.1 cm³/mol. The third kappa shape index (κ3) is 2.93. The van der Waals surface area contributed by atoms with E-state index in [-0.39, 0.29) is 0 Å². The Morgan fingerprint density at radius 2 is 2.11 bits per heavy atom. The maximum atomic E-state index is 3.68. The molecule has 0 bridgehead atoms. The molecule has 1 atom stereocenters. The molecule has 2 aliphatic rings. The highest BCUT2D eigenvalue weighted by Gasteiger charge is 2.12. The molecule has 1 aromatic rings. The maximum absolute atomic E-state index is 3.68. The molecule has 3 rings (SSSR count). The second kappa shape index (κ2) is 5.85. The van der Waals surface area contributed by atoms with E-state index >= 15 is 0 Å². The molecule has 98 valence electrons. The average molecular weight is 244 g/mol. The van der Waals surface area contributed by atoms with Crippen molar-refractivity contribution in [2.45, 2.75) is 44.6 Å². The van der Waals surface area contributed by atoms with Gasteiger partial charge >= 0.3 is 0 Å². The van der Waals surface area contributed by atoms with Crippen LogP contribution in [0.4, 0.5) is 0 Å². The van der Waals surface area contributed by atoms with E-state index in [9.17, 15) is 0 Å². The second-order valence-electron chi connectivity index (χ2n) is 5.70. The van der Waals surface area contributed by atoms with Gasteiger partial charge in [0.25, 0.3) is 0 Å². The Hall–Kier alpha value is -0.860. The number of fused-ring (bicyclic) bond motifs is 1. The molecule has 0 aromatic heterocycles. The summed E-state index contributed by atoms with van der Waals surface area (Å²) in [7, 11) is 0. The molecule has 1 aliphatic heterocycles. The van der Waals surface area contributed by atoms with Gasteiger partial charge in [0.1, 0.15) is 0 Å². The minimum Gasteiger partial charge on any atom is -0.315 e. The summed E-state index contributed by atoms with van der Waals surface area (Å²) in [6.45, 7) is 3.46. The topological polar surface area (TPSA) is 24.1 Å². The summed E-state index contributed by atoms with van der Waals surface area (Å²) >= 11 is 0. The van der Waals surface area contributed by atoms with Gasteiger partial charge in [-0.3, -0.25) is 0 Å². The van der Waals surface area contributed by atoms with Crippen molar-refractivity contribution in [2.24, 2.45) is 0 Å². The average Bonchev–Trinajstić information content (AvgIpc) is 2.87. The van der Waals surface area contributed by atoms with Crippen molar-refractivity contribution in [3.05, 3.63) is 34.9 Å². The summed E-state index contributed by atoms with van der Waals surface area (Å²) in [6.07, 6.45) is 7.76. The molecule has 0 spiro atoms. The molecule has 0 amide bonds. The Labute approximate surface area is 110 Å². The Morgan fingerprint density at radius 1 is 1.17 bits per heavy atom. The van der Waals surface area contributed by atoms with Gasteiger partial charge in [-0.05, 0) is 68.3 Å². The Morgan fingerprint density at radius 3 is 3.00 bits per heavy atom. The summed E-state index contributed by atoms with van der Waals surface area (Å²) in [5.74, 6) is 0. The van der Waals surface area contributed by atoms with Crippen LogP contribution in [0.25, 0.3) is 0 Å². The highest BCUT2D eigenvalue weighted by Crippen LogP contribution is 2.22. The van der Waals surface area contributed by atoms with Crippen LogP contribution in [-0.4, -0.2) is 25.7 Å². The van der Waals surface area contributed by atoms with E-state index in [0.717, 1.165) is 13.1 Å². The zero-order valence-corrected chi connectivity index (χ0v) is 11.2. The van der Waals surface area contributed by atoms with E-state index in [1.165, 1.54) is 50.6 Å². The minimum absolute atomic E-state index is 0.688. The number of nitrogens with one attached hydrogen (secondary N) is 2. The van der Waals surface area contributed by atoms with Crippen LogP contribution in [0.3, 0.4) is 0 Å². The van der Waals surface area contributed by atoms with E-state index in [0.29, 0.717) is 6.04 Å². The van der Waals surface area contributed by atoms with Gasteiger partial charge in [0.15, 0.2) is 0 Å². The SMILES string of the molecule is c1cc2c(cc1CCNC1CCCNC1)CCC2. The molecule has 1 heterocycles. The van der Waals surface area contributed by atoms with Crippen LogP contribution < -0.4 is 10.6 Å². The molecule has 1 aliphatic carbocycles. The van der Waals surface area contributed by atoms with Crippen molar-refractivity contribution in [3.8, 4) is 0 Å². The normalized spacial score (nSPS) is 23.0. The van der Waals surface area contributed by atoms with Crippen molar-refractivity contribution < 1.29 is 0 Å². The first-order chi connectivity index (χ1) is 8.92. The largest absolute Gasteiger partial charge is 0.315 e. The van der Waals surface area contributed by atoms with Crippen LogP contribution in [0.1, 0.15) is 36.0 Å². The predicted octanol–water partition coefficient (Wildman–Crippen LogP) is 2.06. The molecular weight excluding hydrogens is 220 g/mol. The first-order valence-corrected chi connectivity index (χ1v) is 7.46. The number of hydrogen-bond acceptors (Lipinski definition) is 2. The van der Waals surface area contributed by atoms with Crippen LogP contribution in [0, 0.1) is 0 Å². The highest BCUT2D eigenvalue weighted by atomic mass is 15.0. The molecule has 1 saturated heterocycles. The molecule has 1 fully saturated rings. The lowest BCUT2D eigenvalue weighted by atomic mass is 10.0. The van der Waals surface area contributed by atoms with Gasteiger partial charge in [0.2, 0.25) is 0 Å². The quantitative estimate of drug-likeness (QED) is 0.847. The molecule has 2 heteroatoms. The van der Waals surface area contributed by atoms with E-state index in [1.807, 2.05) is 0 Å². The highest BCUT2D eigenvalue weighted by molar-refractivity contribution is 5.35. The van der Waals surface area contributed by atoms with Crippen molar-refractivity contribution in [2.75, 3.05) is 19.6 Å². The van der Waals surface area contributed by atoms with E-state index in [4.69, 9.17) is 0 Å². The van der Waals surface area contributed by atoms with Crippen LogP contribution in [0.15, 0.2) is 18.2 Å². The number of hydrogen-bond donors (Lipinski definition) is 2. The lowest BCUT2D eigenvalue weighted by Gasteiger charge is -2.23. The van der Waals surface area contributed by atoms with Gasteiger partial charge in [0, 0.05) is 12.6 Å². The monoisotopic (exact) mass is 244 g/mol. The number of rotatable bonds is 4. The van der Waals surface area contributed by atoms with E-state index in [2.05, 4.69) is 28.8 Å². The standard InChI is InChI=1S/C16H24N2/c1-3-14-7-6-13(11-15(14)4-1)8-10-18-16-5-2-9-17-12-16/h6-7,11,16-18H,1-5,8-10,12H2. The van der Waals surface area contributed by atoms with Gasteiger partial charge in [-0.25, -0.2) is 0 Å². The van der Waals surface area contributed by atoms with Crippen molar-refractivity contribution in [1.29, 1.82) is 0 Å². The smallest absolute Gasteiger partial charge is 0.0193 e. The Kier molecular flexibility index (Phi) is 3.96. The molecular formula is C16H24N2. The van der Waals surface area contributed by atoms with Gasteiger partial charge < -0.3 is 10.6 Å². The van der Waals surface area contributed by atoms with Crippen LogP contribution in [-0.2, 0) is 19.3 Å². The zero-order chi connectivity index (χ0) is 12.2. The first-order valence-electron chi connectivity index (χ1n) is 7.46. The minimum atomic E-state index is 0.688. The molecule has 2 nitrogen and oxygen atoms in total. The zero-order valence-electron chi connectivity index (χ0n) is 11.2.